The van der Waals surface area contributed by atoms with Crippen LogP contribution in [0.2, 0.25) is 0 Å². The van der Waals surface area contributed by atoms with E-state index in [4.69, 9.17) is 5.11 Å². The Labute approximate surface area is 97.9 Å². The molecule has 1 N–H and O–H groups in total. The van der Waals surface area contributed by atoms with E-state index in [1.807, 2.05) is 7.05 Å². The van der Waals surface area contributed by atoms with Gasteiger partial charge in [0.2, 0.25) is 0 Å². The molecule has 0 radical (unpaired) electrons. The lowest BCUT2D eigenvalue weighted by molar-refractivity contribution is 0.215. The number of aliphatic hydroxyl groups is 1. The van der Waals surface area contributed by atoms with Crippen LogP contribution in [0.5, 0.6) is 0 Å². The summed E-state index contributed by atoms with van der Waals surface area (Å²) in [7, 11) is 1.99. The molecule has 0 aliphatic carbocycles. The van der Waals surface area contributed by atoms with Crippen molar-refractivity contribution in [2.24, 2.45) is 0 Å². The van der Waals surface area contributed by atoms with Crippen LogP contribution >= 0.6 is 0 Å². The third-order valence-electron chi connectivity index (χ3n) is 2.89. The van der Waals surface area contributed by atoms with Gasteiger partial charge in [-0.1, -0.05) is 13.8 Å². The van der Waals surface area contributed by atoms with E-state index in [1.165, 1.54) is 0 Å². The van der Waals surface area contributed by atoms with Crippen molar-refractivity contribution in [3.8, 4) is 0 Å². The minimum Gasteiger partial charge on any atom is -0.395 e. The van der Waals surface area contributed by atoms with Crippen LogP contribution < -0.4 is 0 Å². The number of likely N-dealkylation sites (N-methyl/N-ethyl adjacent to an activating group) is 1. The molecule has 0 saturated carbocycles. The number of hydrogen-bond acceptors (Lipinski definition) is 3. The Morgan fingerprint density at radius 1 is 1.44 bits per heavy atom. The molecule has 0 spiro atoms. The minimum absolute atomic E-state index is 0.198. The van der Waals surface area contributed by atoms with Crippen molar-refractivity contribution in [1.82, 2.24) is 14.7 Å². The molecule has 0 fully saturated rings. The topological polar surface area (TPSA) is 41.3 Å². The molecule has 16 heavy (non-hydrogen) atoms. The Bertz CT molecular complexity index is 294. The summed E-state index contributed by atoms with van der Waals surface area (Å²) in [4.78, 5) is 2.07. The van der Waals surface area contributed by atoms with Gasteiger partial charge in [0.25, 0.3) is 0 Å². The molecule has 4 heteroatoms. The van der Waals surface area contributed by atoms with Gasteiger partial charge < -0.3 is 5.11 Å². The third kappa shape index (κ3) is 3.61. The van der Waals surface area contributed by atoms with Crippen molar-refractivity contribution in [3.63, 3.8) is 0 Å². The van der Waals surface area contributed by atoms with Crippen LogP contribution in [0, 0.1) is 0 Å². The number of aliphatic hydroxyl groups excluding tert-OH is 1. The van der Waals surface area contributed by atoms with E-state index in [-0.39, 0.29) is 6.61 Å². The number of aromatic nitrogens is 2. The second kappa shape index (κ2) is 6.66. The van der Waals surface area contributed by atoms with E-state index >= 15 is 0 Å². The number of rotatable bonds is 7. The summed E-state index contributed by atoms with van der Waals surface area (Å²) in [5.74, 6) is 0. The van der Waals surface area contributed by atoms with E-state index in [0.29, 0.717) is 12.6 Å². The first-order chi connectivity index (χ1) is 7.71. The highest BCUT2D eigenvalue weighted by atomic mass is 16.3. The maximum absolute atomic E-state index is 8.82. The van der Waals surface area contributed by atoms with Crippen LogP contribution in [0.25, 0.3) is 0 Å². The van der Waals surface area contributed by atoms with Gasteiger partial charge in [-0.25, -0.2) is 0 Å². The van der Waals surface area contributed by atoms with E-state index < -0.39 is 0 Å². The van der Waals surface area contributed by atoms with Crippen LogP contribution in [0.3, 0.4) is 0 Å². The van der Waals surface area contributed by atoms with Crippen LogP contribution in [0.4, 0.5) is 0 Å². The summed E-state index contributed by atoms with van der Waals surface area (Å²) in [6, 6.07) is 2.57. The monoisotopic (exact) mass is 225 g/mol. The minimum atomic E-state index is 0.198. The fourth-order valence-electron chi connectivity index (χ4n) is 1.85. The van der Waals surface area contributed by atoms with Crippen molar-refractivity contribution >= 4 is 0 Å². The molecule has 92 valence electrons. The highest BCUT2D eigenvalue weighted by molar-refractivity contribution is 4.99. The van der Waals surface area contributed by atoms with Gasteiger partial charge in [-0.15, -0.1) is 0 Å². The molecule has 0 atom stereocenters. The molecule has 4 nitrogen and oxygen atoms in total. The first kappa shape index (κ1) is 13.2. The predicted molar refractivity (Wildman–Crippen MR) is 65.3 cm³/mol. The summed E-state index contributed by atoms with van der Waals surface area (Å²) in [6.07, 6.45) is 4.29. The van der Waals surface area contributed by atoms with Crippen molar-refractivity contribution in [3.05, 3.63) is 18.0 Å². The lowest BCUT2D eigenvalue weighted by Crippen LogP contribution is -2.22. The number of nitrogens with zero attached hydrogens (tertiary/aromatic N) is 3. The van der Waals surface area contributed by atoms with Crippen molar-refractivity contribution in [2.45, 2.75) is 39.3 Å². The Balaban J connectivity index is 2.57. The summed E-state index contributed by atoms with van der Waals surface area (Å²) in [5.41, 5.74) is 1.07. The zero-order chi connectivity index (χ0) is 12.0. The van der Waals surface area contributed by atoms with Gasteiger partial charge in [-0.3, -0.25) is 9.58 Å². The zero-order valence-electron chi connectivity index (χ0n) is 10.6. The maximum atomic E-state index is 8.82. The van der Waals surface area contributed by atoms with Crippen molar-refractivity contribution in [1.29, 1.82) is 0 Å². The molecule has 1 rings (SSSR count). The standard InChI is InChI=1S/C12H23N3O/c1-4-12(5-2)15-7-6-11(13-15)10-14(3)8-9-16/h6-7,12,16H,4-5,8-10H2,1-3H3. The fourth-order valence-corrected chi connectivity index (χ4v) is 1.85. The predicted octanol–water partition coefficient (Wildman–Crippen LogP) is 1.67. The summed E-state index contributed by atoms with van der Waals surface area (Å²) in [6.45, 7) is 6.07. The van der Waals surface area contributed by atoms with E-state index in [9.17, 15) is 0 Å². The average Bonchev–Trinajstić information content (AvgIpc) is 2.68. The molecule has 0 amide bonds. The Morgan fingerprint density at radius 3 is 2.69 bits per heavy atom. The average molecular weight is 225 g/mol. The molecule has 1 aromatic rings. The van der Waals surface area contributed by atoms with Gasteiger partial charge in [-0.2, -0.15) is 5.10 Å². The molecule has 0 bridgehead atoms. The zero-order valence-corrected chi connectivity index (χ0v) is 10.6. The van der Waals surface area contributed by atoms with Crippen molar-refractivity contribution < 1.29 is 5.11 Å². The molecule has 0 unspecified atom stereocenters. The lowest BCUT2D eigenvalue weighted by atomic mass is 10.2. The molecule has 0 aliphatic rings. The van der Waals surface area contributed by atoms with Crippen LogP contribution in [-0.2, 0) is 6.54 Å². The molecular formula is C12H23N3O. The van der Waals surface area contributed by atoms with E-state index in [1.54, 1.807) is 0 Å². The van der Waals surface area contributed by atoms with Gasteiger partial charge in [0, 0.05) is 19.3 Å². The first-order valence-corrected chi connectivity index (χ1v) is 6.04. The van der Waals surface area contributed by atoms with Gasteiger partial charge in [-0.05, 0) is 26.0 Å². The summed E-state index contributed by atoms with van der Waals surface area (Å²) < 4.78 is 2.06. The summed E-state index contributed by atoms with van der Waals surface area (Å²) in [5, 5.41) is 13.4. The second-order valence-corrected chi connectivity index (χ2v) is 4.22. The highest BCUT2D eigenvalue weighted by Crippen LogP contribution is 2.14. The fraction of sp³-hybridized carbons (Fsp3) is 0.750. The SMILES string of the molecule is CCC(CC)n1ccc(CN(C)CCO)n1. The molecular weight excluding hydrogens is 202 g/mol. The van der Waals surface area contributed by atoms with Gasteiger partial charge in [0.05, 0.1) is 18.3 Å². The third-order valence-corrected chi connectivity index (χ3v) is 2.89. The lowest BCUT2D eigenvalue weighted by Gasteiger charge is -2.14. The van der Waals surface area contributed by atoms with Gasteiger partial charge in [0.15, 0.2) is 0 Å². The largest absolute Gasteiger partial charge is 0.395 e. The molecule has 1 heterocycles. The normalized spacial score (nSPS) is 11.6. The molecule has 1 aromatic heterocycles. The van der Waals surface area contributed by atoms with Crippen LogP contribution in [0.15, 0.2) is 12.3 Å². The van der Waals surface area contributed by atoms with E-state index in [2.05, 4.69) is 40.8 Å². The van der Waals surface area contributed by atoms with Gasteiger partial charge >= 0.3 is 0 Å². The van der Waals surface area contributed by atoms with Crippen molar-refractivity contribution in [2.75, 3.05) is 20.2 Å². The Kier molecular flexibility index (Phi) is 5.49. The molecule has 0 saturated heterocycles. The Hall–Kier alpha value is -0.870. The molecule has 0 aromatic carbocycles. The van der Waals surface area contributed by atoms with Gasteiger partial charge in [0.1, 0.15) is 0 Å². The first-order valence-electron chi connectivity index (χ1n) is 6.04. The molecule has 0 aliphatic heterocycles. The maximum Gasteiger partial charge on any atom is 0.0764 e. The second-order valence-electron chi connectivity index (χ2n) is 4.22. The van der Waals surface area contributed by atoms with Crippen LogP contribution in [0.1, 0.15) is 38.4 Å². The quantitative estimate of drug-likeness (QED) is 0.767. The van der Waals surface area contributed by atoms with E-state index in [0.717, 1.165) is 25.1 Å². The van der Waals surface area contributed by atoms with Crippen LogP contribution in [-0.4, -0.2) is 40.0 Å². The Morgan fingerprint density at radius 2 is 2.12 bits per heavy atom. The highest BCUT2D eigenvalue weighted by Gasteiger charge is 2.08. The smallest absolute Gasteiger partial charge is 0.0764 e. The summed E-state index contributed by atoms with van der Waals surface area (Å²) >= 11 is 0. The number of hydrogen-bond donors (Lipinski definition) is 1.